The maximum Gasteiger partial charge on any atom is 0.417 e. The number of hydrazone groups is 1. The summed E-state index contributed by atoms with van der Waals surface area (Å²) < 4.78 is 38.0. The average molecular weight is 287 g/mol. The fourth-order valence-corrected chi connectivity index (χ4v) is 1.37. The largest absolute Gasteiger partial charge is 0.417 e. The molecule has 1 aromatic carbocycles. The molecule has 0 bridgehead atoms. The molecule has 0 spiro atoms. The van der Waals surface area contributed by atoms with Gasteiger partial charge < -0.3 is 5.32 Å². The number of nitrogens with zero attached hydrogens (tertiary/aromatic N) is 1. The summed E-state index contributed by atoms with van der Waals surface area (Å²) in [4.78, 5) is 0. The topological polar surface area (TPSA) is 36.4 Å². The predicted octanol–water partition coefficient (Wildman–Crippen LogP) is 2.69. The summed E-state index contributed by atoms with van der Waals surface area (Å²) in [5, 5.41) is 6.59. The van der Waals surface area contributed by atoms with Crippen molar-refractivity contribution in [3.8, 4) is 0 Å². The maximum atomic E-state index is 12.7. The lowest BCUT2D eigenvalue weighted by molar-refractivity contribution is -0.137. The Morgan fingerprint density at radius 1 is 1.37 bits per heavy atom. The molecule has 2 N–H and O–H groups in total. The Labute approximate surface area is 114 Å². The summed E-state index contributed by atoms with van der Waals surface area (Å²) in [5.74, 6) is 0. The van der Waals surface area contributed by atoms with E-state index in [4.69, 9.17) is 12.2 Å². The number of alkyl halides is 3. The molecule has 7 heteroatoms. The van der Waals surface area contributed by atoms with Gasteiger partial charge in [0, 0.05) is 12.1 Å². The molecule has 19 heavy (non-hydrogen) atoms. The van der Waals surface area contributed by atoms with Gasteiger partial charge in [-0.1, -0.05) is 24.3 Å². The standard InChI is InChI=1S/C12H12F3N3S/c1-2-7-16-11(19)18-17-8-9-5-3-4-6-10(9)12(13,14)15/h2-6,8H,1,7H2,(H2,16,18,19)/b17-8-. The van der Waals surface area contributed by atoms with Crippen molar-refractivity contribution in [2.24, 2.45) is 5.10 Å². The van der Waals surface area contributed by atoms with Crippen molar-refractivity contribution in [1.29, 1.82) is 0 Å². The molecule has 0 saturated carbocycles. The maximum absolute atomic E-state index is 12.7. The molecule has 0 amide bonds. The zero-order valence-corrected chi connectivity index (χ0v) is 10.7. The van der Waals surface area contributed by atoms with Gasteiger partial charge in [-0.25, -0.2) is 0 Å². The summed E-state index contributed by atoms with van der Waals surface area (Å²) in [7, 11) is 0. The van der Waals surface area contributed by atoms with Crippen molar-refractivity contribution in [2.75, 3.05) is 6.54 Å². The van der Waals surface area contributed by atoms with E-state index in [1.54, 1.807) is 6.08 Å². The van der Waals surface area contributed by atoms with Gasteiger partial charge in [-0.3, -0.25) is 5.43 Å². The number of thiocarbonyl (C=S) groups is 1. The Balaban J connectivity index is 2.72. The van der Waals surface area contributed by atoms with Crippen LogP contribution in [-0.4, -0.2) is 17.9 Å². The molecular formula is C12H12F3N3S. The number of hydrogen-bond donors (Lipinski definition) is 2. The molecule has 0 heterocycles. The third-order valence-electron chi connectivity index (χ3n) is 2.04. The van der Waals surface area contributed by atoms with E-state index < -0.39 is 11.7 Å². The SMILES string of the molecule is C=CCNC(=S)N/N=C\c1ccccc1C(F)(F)F. The van der Waals surface area contributed by atoms with Crippen LogP contribution in [0.4, 0.5) is 13.2 Å². The average Bonchev–Trinajstić information content (AvgIpc) is 2.35. The van der Waals surface area contributed by atoms with Gasteiger partial charge in [0.1, 0.15) is 0 Å². The third-order valence-corrected chi connectivity index (χ3v) is 2.28. The molecule has 0 atom stereocenters. The Morgan fingerprint density at radius 3 is 2.68 bits per heavy atom. The van der Waals surface area contributed by atoms with Crippen molar-refractivity contribution in [1.82, 2.24) is 10.7 Å². The summed E-state index contributed by atoms with van der Waals surface area (Å²) in [6.07, 6.45) is -1.74. The predicted molar refractivity (Wildman–Crippen MR) is 73.0 cm³/mol. The highest BCUT2D eigenvalue weighted by atomic mass is 32.1. The zero-order valence-electron chi connectivity index (χ0n) is 9.87. The van der Waals surface area contributed by atoms with Crippen LogP contribution in [0.1, 0.15) is 11.1 Å². The molecule has 0 aromatic heterocycles. The normalized spacial score (nSPS) is 11.3. The van der Waals surface area contributed by atoms with E-state index in [-0.39, 0.29) is 10.7 Å². The van der Waals surface area contributed by atoms with Crippen LogP contribution in [0.15, 0.2) is 42.0 Å². The highest BCUT2D eigenvalue weighted by Crippen LogP contribution is 2.30. The van der Waals surface area contributed by atoms with Gasteiger partial charge in [-0.2, -0.15) is 18.3 Å². The zero-order chi connectivity index (χ0) is 14.3. The fraction of sp³-hybridized carbons (Fsp3) is 0.167. The van der Waals surface area contributed by atoms with Crippen LogP contribution in [0.5, 0.6) is 0 Å². The summed E-state index contributed by atoms with van der Waals surface area (Å²) in [5.41, 5.74) is 1.64. The first-order chi connectivity index (χ1) is 8.95. The van der Waals surface area contributed by atoms with Crippen molar-refractivity contribution < 1.29 is 13.2 Å². The quantitative estimate of drug-likeness (QED) is 0.387. The van der Waals surface area contributed by atoms with Crippen LogP contribution in [0.3, 0.4) is 0 Å². The second-order valence-electron chi connectivity index (χ2n) is 3.45. The van der Waals surface area contributed by atoms with E-state index in [1.165, 1.54) is 18.2 Å². The molecule has 0 radical (unpaired) electrons. The molecule has 0 aliphatic heterocycles. The number of hydrogen-bond acceptors (Lipinski definition) is 2. The van der Waals surface area contributed by atoms with Crippen LogP contribution in [0.25, 0.3) is 0 Å². The number of benzene rings is 1. The minimum Gasteiger partial charge on any atom is -0.358 e. The molecule has 1 rings (SSSR count). The number of nitrogens with one attached hydrogen (secondary N) is 2. The van der Waals surface area contributed by atoms with E-state index in [2.05, 4.69) is 22.4 Å². The lowest BCUT2D eigenvalue weighted by atomic mass is 10.1. The van der Waals surface area contributed by atoms with Gasteiger partial charge in [0.25, 0.3) is 0 Å². The smallest absolute Gasteiger partial charge is 0.358 e. The summed E-state index contributed by atoms with van der Waals surface area (Å²) >= 11 is 4.84. The lowest BCUT2D eigenvalue weighted by Crippen LogP contribution is -2.31. The number of rotatable bonds is 4. The van der Waals surface area contributed by atoms with Crippen molar-refractivity contribution >= 4 is 23.5 Å². The molecule has 0 saturated heterocycles. The Bertz CT molecular complexity index is 483. The van der Waals surface area contributed by atoms with Crippen LogP contribution in [-0.2, 0) is 6.18 Å². The monoisotopic (exact) mass is 287 g/mol. The van der Waals surface area contributed by atoms with E-state index in [9.17, 15) is 13.2 Å². The number of halogens is 3. The van der Waals surface area contributed by atoms with Crippen LogP contribution in [0, 0.1) is 0 Å². The Hall–Kier alpha value is -1.89. The molecule has 3 nitrogen and oxygen atoms in total. The Kier molecular flexibility index (Phi) is 5.50. The molecule has 102 valence electrons. The van der Waals surface area contributed by atoms with Gasteiger partial charge in [0.05, 0.1) is 11.8 Å². The van der Waals surface area contributed by atoms with E-state index >= 15 is 0 Å². The minimum atomic E-state index is -4.41. The van der Waals surface area contributed by atoms with Crippen molar-refractivity contribution in [2.45, 2.75) is 6.18 Å². The summed E-state index contributed by atoms with van der Waals surface area (Å²) in [6, 6.07) is 5.15. The third kappa shape index (κ3) is 5.09. The molecule has 1 aromatic rings. The minimum absolute atomic E-state index is 0.0333. The molecule has 0 fully saturated rings. The first-order valence-corrected chi connectivity index (χ1v) is 5.70. The second kappa shape index (κ2) is 6.89. The first-order valence-electron chi connectivity index (χ1n) is 5.29. The Morgan fingerprint density at radius 2 is 2.05 bits per heavy atom. The van der Waals surface area contributed by atoms with Crippen molar-refractivity contribution in [3.05, 3.63) is 48.0 Å². The van der Waals surface area contributed by atoms with Gasteiger partial charge >= 0.3 is 6.18 Å². The van der Waals surface area contributed by atoms with Crippen LogP contribution in [0.2, 0.25) is 0 Å². The lowest BCUT2D eigenvalue weighted by Gasteiger charge is -2.09. The van der Waals surface area contributed by atoms with E-state index in [0.29, 0.717) is 6.54 Å². The van der Waals surface area contributed by atoms with Crippen molar-refractivity contribution in [3.63, 3.8) is 0 Å². The van der Waals surface area contributed by atoms with Gasteiger partial charge in [-0.05, 0) is 18.3 Å². The molecular weight excluding hydrogens is 275 g/mol. The molecule has 0 aliphatic carbocycles. The molecule has 0 aliphatic rings. The van der Waals surface area contributed by atoms with E-state index in [1.807, 2.05) is 0 Å². The second-order valence-corrected chi connectivity index (χ2v) is 3.86. The summed E-state index contributed by atoms with van der Waals surface area (Å²) in [6.45, 7) is 3.93. The van der Waals surface area contributed by atoms with Crippen LogP contribution >= 0.6 is 12.2 Å². The van der Waals surface area contributed by atoms with Gasteiger partial charge in [-0.15, -0.1) is 6.58 Å². The highest BCUT2D eigenvalue weighted by molar-refractivity contribution is 7.80. The van der Waals surface area contributed by atoms with Gasteiger partial charge in [0.2, 0.25) is 0 Å². The first kappa shape index (κ1) is 15.2. The van der Waals surface area contributed by atoms with Crippen LogP contribution < -0.4 is 10.7 Å². The molecule has 0 unspecified atom stereocenters. The fourth-order valence-electron chi connectivity index (χ4n) is 1.23. The van der Waals surface area contributed by atoms with E-state index in [0.717, 1.165) is 12.3 Å². The highest BCUT2D eigenvalue weighted by Gasteiger charge is 2.32. The van der Waals surface area contributed by atoms with Gasteiger partial charge in [0.15, 0.2) is 5.11 Å².